The fourth-order valence-corrected chi connectivity index (χ4v) is 2.64. The van der Waals surface area contributed by atoms with Gasteiger partial charge in [0.05, 0.1) is 12.1 Å². The van der Waals surface area contributed by atoms with Crippen LogP contribution in [0.2, 0.25) is 5.02 Å². The van der Waals surface area contributed by atoms with Crippen molar-refractivity contribution in [1.82, 2.24) is 4.57 Å². The van der Waals surface area contributed by atoms with Gasteiger partial charge in [-0.25, -0.2) is 0 Å². The number of hydrogen-bond donors (Lipinski definition) is 1. The lowest BCUT2D eigenvalue weighted by atomic mass is 10.1. The van der Waals surface area contributed by atoms with Gasteiger partial charge in [0.25, 0.3) is 11.5 Å². The summed E-state index contributed by atoms with van der Waals surface area (Å²) in [5.74, 6) is -0.342. The van der Waals surface area contributed by atoms with Crippen molar-refractivity contribution in [3.8, 4) is 0 Å². The average molecular weight is 407 g/mol. The predicted molar refractivity (Wildman–Crippen MR) is 101 cm³/mol. The van der Waals surface area contributed by atoms with Gasteiger partial charge in [-0.15, -0.1) is 0 Å². The van der Waals surface area contributed by atoms with E-state index in [1.807, 2.05) is 0 Å². The number of hydrogen-bond acceptors (Lipinski definition) is 2. The van der Waals surface area contributed by atoms with Crippen molar-refractivity contribution < 1.29 is 18.0 Å². The highest BCUT2D eigenvalue weighted by molar-refractivity contribution is 6.30. The molecule has 0 aliphatic heterocycles. The van der Waals surface area contributed by atoms with E-state index in [1.54, 1.807) is 48.5 Å². The number of pyridine rings is 1. The van der Waals surface area contributed by atoms with Crippen LogP contribution >= 0.6 is 11.6 Å². The summed E-state index contributed by atoms with van der Waals surface area (Å²) in [6.45, 7) is -0.0398. The number of carbonyl (C=O) groups excluding carboxylic acids is 1. The number of alkyl halides is 3. The standard InChI is InChI=1S/C20H14ClF3N2O2/c21-16-6-8-17(9-7-16)25-19(28)14-3-1-13(2-4-14)11-26-12-15(20(22,23)24)5-10-18(26)27/h1-10,12H,11H2,(H,25,28). The summed E-state index contributed by atoms with van der Waals surface area (Å²) in [6, 6.07) is 14.5. The Bertz CT molecular complexity index is 1040. The van der Waals surface area contributed by atoms with E-state index < -0.39 is 17.3 Å². The van der Waals surface area contributed by atoms with Crippen LogP contribution in [-0.4, -0.2) is 10.5 Å². The summed E-state index contributed by atoms with van der Waals surface area (Å²) in [7, 11) is 0. The number of nitrogens with one attached hydrogen (secondary N) is 1. The minimum absolute atomic E-state index is 0.0398. The highest BCUT2D eigenvalue weighted by atomic mass is 35.5. The number of anilines is 1. The van der Waals surface area contributed by atoms with Crippen LogP contribution in [0.5, 0.6) is 0 Å². The molecule has 0 atom stereocenters. The van der Waals surface area contributed by atoms with Gasteiger partial charge in [0.15, 0.2) is 0 Å². The van der Waals surface area contributed by atoms with Crippen molar-refractivity contribution >= 4 is 23.2 Å². The molecule has 0 aliphatic carbocycles. The first kappa shape index (κ1) is 19.7. The fraction of sp³-hybridized carbons (Fsp3) is 0.100. The van der Waals surface area contributed by atoms with E-state index >= 15 is 0 Å². The Kier molecular flexibility index (Phi) is 5.56. The highest BCUT2D eigenvalue weighted by Gasteiger charge is 2.31. The lowest BCUT2D eigenvalue weighted by molar-refractivity contribution is -0.138. The lowest BCUT2D eigenvalue weighted by Crippen LogP contribution is -2.22. The average Bonchev–Trinajstić information content (AvgIpc) is 2.65. The number of rotatable bonds is 4. The minimum atomic E-state index is -4.53. The molecule has 3 aromatic rings. The second-order valence-electron chi connectivity index (χ2n) is 6.04. The Hall–Kier alpha value is -3.06. The number of nitrogens with zero attached hydrogens (tertiary/aromatic N) is 1. The van der Waals surface area contributed by atoms with E-state index in [1.165, 1.54) is 0 Å². The molecule has 0 saturated heterocycles. The first-order chi connectivity index (χ1) is 13.2. The van der Waals surface area contributed by atoms with Crippen molar-refractivity contribution in [2.24, 2.45) is 0 Å². The molecule has 0 aliphatic rings. The van der Waals surface area contributed by atoms with Crippen LogP contribution in [0.25, 0.3) is 0 Å². The molecule has 144 valence electrons. The summed E-state index contributed by atoms with van der Waals surface area (Å²) in [4.78, 5) is 24.1. The molecule has 0 bridgehead atoms. The van der Waals surface area contributed by atoms with Crippen LogP contribution < -0.4 is 10.9 Å². The molecular formula is C20H14ClF3N2O2. The van der Waals surface area contributed by atoms with E-state index in [9.17, 15) is 22.8 Å². The van der Waals surface area contributed by atoms with E-state index in [0.29, 0.717) is 21.8 Å². The third kappa shape index (κ3) is 4.80. The molecule has 8 heteroatoms. The molecule has 1 aromatic heterocycles. The molecule has 4 nitrogen and oxygen atoms in total. The number of halogens is 4. The smallest absolute Gasteiger partial charge is 0.322 e. The van der Waals surface area contributed by atoms with Crippen molar-refractivity contribution in [3.05, 3.63) is 98.9 Å². The zero-order valence-electron chi connectivity index (χ0n) is 14.3. The molecule has 0 unspecified atom stereocenters. The zero-order valence-corrected chi connectivity index (χ0v) is 15.1. The van der Waals surface area contributed by atoms with Gasteiger partial charge in [-0.1, -0.05) is 23.7 Å². The van der Waals surface area contributed by atoms with Crippen LogP contribution in [0.3, 0.4) is 0 Å². The molecule has 0 saturated carbocycles. The third-order valence-electron chi connectivity index (χ3n) is 3.98. The summed E-state index contributed by atoms with van der Waals surface area (Å²) in [6.07, 6.45) is -3.75. The Morgan fingerprint density at radius 3 is 2.21 bits per heavy atom. The topological polar surface area (TPSA) is 51.1 Å². The Morgan fingerprint density at radius 2 is 1.61 bits per heavy atom. The Balaban J connectivity index is 1.73. The van der Waals surface area contributed by atoms with Crippen LogP contribution in [-0.2, 0) is 12.7 Å². The number of benzene rings is 2. The molecule has 3 rings (SSSR count). The third-order valence-corrected chi connectivity index (χ3v) is 4.23. The number of carbonyl (C=O) groups is 1. The van der Waals surface area contributed by atoms with Gasteiger partial charge < -0.3 is 9.88 Å². The molecular weight excluding hydrogens is 393 g/mol. The largest absolute Gasteiger partial charge is 0.417 e. The highest BCUT2D eigenvalue weighted by Crippen LogP contribution is 2.28. The minimum Gasteiger partial charge on any atom is -0.322 e. The molecule has 1 N–H and O–H groups in total. The zero-order chi connectivity index (χ0) is 20.3. The van der Waals surface area contributed by atoms with E-state index in [2.05, 4.69) is 5.32 Å². The number of amides is 1. The second-order valence-corrected chi connectivity index (χ2v) is 6.48. The second kappa shape index (κ2) is 7.90. The molecule has 1 heterocycles. The summed E-state index contributed by atoms with van der Waals surface area (Å²) in [5.41, 5.74) is 0.0946. The lowest BCUT2D eigenvalue weighted by Gasteiger charge is -2.11. The normalized spacial score (nSPS) is 11.3. The molecule has 0 fully saturated rings. The summed E-state index contributed by atoms with van der Waals surface area (Å²) >= 11 is 5.80. The van der Waals surface area contributed by atoms with Gasteiger partial charge in [0, 0.05) is 28.5 Å². The van der Waals surface area contributed by atoms with E-state index in [0.717, 1.165) is 22.9 Å². The quantitative estimate of drug-likeness (QED) is 0.675. The van der Waals surface area contributed by atoms with E-state index in [-0.39, 0.29) is 12.5 Å². The van der Waals surface area contributed by atoms with Crippen LogP contribution in [0, 0.1) is 0 Å². The SMILES string of the molecule is O=C(Nc1ccc(Cl)cc1)c1ccc(Cn2cc(C(F)(F)F)ccc2=O)cc1. The van der Waals surface area contributed by atoms with Gasteiger partial charge >= 0.3 is 6.18 Å². The predicted octanol–water partition coefficient (Wildman–Crippen LogP) is 4.82. The fourth-order valence-electron chi connectivity index (χ4n) is 2.52. The molecule has 2 aromatic carbocycles. The monoisotopic (exact) mass is 406 g/mol. The summed E-state index contributed by atoms with van der Waals surface area (Å²) in [5, 5.41) is 3.26. The maximum Gasteiger partial charge on any atom is 0.417 e. The maximum absolute atomic E-state index is 12.8. The van der Waals surface area contributed by atoms with Crippen molar-refractivity contribution in [2.45, 2.75) is 12.7 Å². The molecule has 0 spiro atoms. The maximum atomic E-state index is 12.8. The van der Waals surface area contributed by atoms with Crippen LogP contribution in [0.15, 0.2) is 71.7 Å². The molecule has 0 radical (unpaired) electrons. The van der Waals surface area contributed by atoms with Gasteiger partial charge in [-0.05, 0) is 48.0 Å². The van der Waals surface area contributed by atoms with Crippen molar-refractivity contribution in [1.29, 1.82) is 0 Å². The molecule has 28 heavy (non-hydrogen) atoms. The van der Waals surface area contributed by atoms with Gasteiger partial charge in [0.1, 0.15) is 0 Å². The van der Waals surface area contributed by atoms with Crippen molar-refractivity contribution in [3.63, 3.8) is 0 Å². The first-order valence-electron chi connectivity index (χ1n) is 8.16. The first-order valence-corrected chi connectivity index (χ1v) is 8.54. The molecule has 1 amide bonds. The van der Waals surface area contributed by atoms with Crippen LogP contribution in [0.4, 0.5) is 18.9 Å². The number of aromatic nitrogens is 1. The van der Waals surface area contributed by atoms with Crippen LogP contribution in [0.1, 0.15) is 21.5 Å². The van der Waals surface area contributed by atoms with Crippen molar-refractivity contribution in [2.75, 3.05) is 5.32 Å². The summed E-state index contributed by atoms with van der Waals surface area (Å²) < 4.78 is 39.4. The van der Waals surface area contributed by atoms with Gasteiger partial charge in [-0.3, -0.25) is 9.59 Å². The Morgan fingerprint density at radius 1 is 0.964 bits per heavy atom. The van der Waals surface area contributed by atoms with E-state index in [4.69, 9.17) is 11.6 Å². The van der Waals surface area contributed by atoms with Gasteiger partial charge in [-0.2, -0.15) is 13.2 Å². The van der Waals surface area contributed by atoms with Gasteiger partial charge in [0.2, 0.25) is 0 Å². The Labute approximate surface area is 163 Å².